The zero-order valence-corrected chi connectivity index (χ0v) is 9.69. The number of ether oxygens (including phenoxy) is 1. The topological polar surface area (TPSA) is 52.3 Å². The van der Waals surface area contributed by atoms with Crippen molar-refractivity contribution in [1.82, 2.24) is 4.98 Å². The molecule has 0 aliphatic heterocycles. The highest BCUT2D eigenvalue weighted by Crippen LogP contribution is 2.30. The van der Waals surface area contributed by atoms with Gasteiger partial charge in [-0.2, -0.15) is 13.2 Å². The molecule has 19 heavy (non-hydrogen) atoms. The van der Waals surface area contributed by atoms with Gasteiger partial charge in [-0.3, -0.25) is 0 Å². The van der Waals surface area contributed by atoms with Crippen molar-refractivity contribution in [3.8, 4) is 11.5 Å². The first-order valence-electron chi connectivity index (χ1n) is 5.13. The molecular weight excluding hydrogens is 263 g/mol. The summed E-state index contributed by atoms with van der Waals surface area (Å²) in [5.41, 5.74) is -0.656. The van der Waals surface area contributed by atoms with Gasteiger partial charge in [0, 0.05) is 5.56 Å². The molecule has 0 radical (unpaired) electrons. The van der Waals surface area contributed by atoms with Gasteiger partial charge in [0.1, 0.15) is 6.26 Å². The molecule has 1 aromatic heterocycles. The smallest absolute Gasteiger partial charge is 0.436 e. The minimum atomic E-state index is -4.57. The van der Waals surface area contributed by atoms with E-state index in [0.29, 0.717) is 6.26 Å². The van der Waals surface area contributed by atoms with Crippen LogP contribution in [0.25, 0.3) is 11.5 Å². The number of alkyl halides is 3. The van der Waals surface area contributed by atoms with Crippen molar-refractivity contribution in [3.63, 3.8) is 0 Å². The average Bonchev–Trinajstić information content (AvgIpc) is 2.87. The van der Waals surface area contributed by atoms with Gasteiger partial charge < -0.3 is 9.15 Å². The number of benzene rings is 1. The number of carbonyl (C=O) groups excluding carboxylic acids is 1. The second kappa shape index (κ2) is 4.75. The van der Waals surface area contributed by atoms with Crippen molar-refractivity contribution >= 4 is 5.97 Å². The van der Waals surface area contributed by atoms with Crippen LogP contribution in [-0.4, -0.2) is 18.1 Å². The van der Waals surface area contributed by atoms with Gasteiger partial charge in [0.25, 0.3) is 0 Å². The Balaban J connectivity index is 2.37. The van der Waals surface area contributed by atoms with E-state index < -0.39 is 17.8 Å². The Kier molecular flexibility index (Phi) is 3.28. The molecule has 0 saturated heterocycles. The summed E-state index contributed by atoms with van der Waals surface area (Å²) < 4.78 is 46.4. The third kappa shape index (κ3) is 2.75. The van der Waals surface area contributed by atoms with Crippen molar-refractivity contribution in [2.45, 2.75) is 6.18 Å². The molecule has 2 rings (SSSR count). The van der Waals surface area contributed by atoms with Gasteiger partial charge in [-0.15, -0.1) is 0 Å². The van der Waals surface area contributed by atoms with Gasteiger partial charge in [0.15, 0.2) is 5.69 Å². The van der Waals surface area contributed by atoms with Gasteiger partial charge in [-0.25, -0.2) is 9.78 Å². The Hall–Kier alpha value is -2.31. The standard InChI is InChI=1S/C12H8F3NO3/c1-18-11(17)8-4-2-3-7(5-8)10-16-9(6-19-10)12(13,14)15/h2-6H,1H3. The quantitative estimate of drug-likeness (QED) is 0.787. The zero-order chi connectivity index (χ0) is 14.0. The van der Waals surface area contributed by atoms with E-state index in [4.69, 9.17) is 4.42 Å². The normalized spacial score (nSPS) is 11.4. The minimum absolute atomic E-state index is 0.201. The number of esters is 1. The highest BCUT2D eigenvalue weighted by Gasteiger charge is 2.34. The Morgan fingerprint density at radius 2 is 2.11 bits per heavy atom. The zero-order valence-electron chi connectivity index (χ0n) is 9.69. The van der Waals surface area contributed by atoms with Crippen LogP contribution in [0.15, 0.2) is 34.9 Å². The SMILES string of the molecule is COC(=O)c1cccc(-c2nc(C(F)(F)F)co2)c1. The molecule has 0 spiro atoms. The van der Waals surface area contributed by atoms with Gasteiger partial charge in [0.2, 0.25) is 5.89 Å². The van der Waals surface area contributed by atoms with Gasteiger partial charge in [-0.1, -0.05) is 6.07 Å². The van der Waals surface area contributed by atoms with Crippen molar-refractivity contribution in [2.75, 3.05) is 7.11 Å². The first kappa shape index (κ1) is 13.1. The molecule has 2 aromatic rings. The highest BCUT2D eigenvalue weighted by atomic mass is 19.4. The Morgan fingerprint density at radius 3 is 2.68 bits per heavy atom. The van der Waals surface area contributed by atoms with Crippen molar-refractivity contribution in [2.24, 2.45) is 0 Å². The molecule has 0 aliphatic rings. The molecule has 0 fully saturated rings. The molecule has 0 amide bonds. The van der Waals surface area contributed by atoms with Crippen LogP contribution < -0.4 is 0 Å². The maximum atomic E-state index is 12.4. The highest BCUT2D eigenvalue weighted by molar-refractivity contribution is 5.90. The number of oxazole rings is 1. The summed E-state index contributed by atoms with van der Waals surface area (Å²) in [5.74, 6) is -0.803. The number of halogens is 3. The van der Waals surface area contributed by atoms with E-state index in [1.807, 2.05) is 0 Å². The second-order valence-electron chi connectivity index (χ2n) is 3.61. The number of hydrogen-bond donors (Lipinski definition) is 0. The Labute approximate surface area is 105 Å². The van der Waals surface area contributed by atoms with Crippen LogP contribution in [0.4, 0.5) is 13.2 Å². The van der Waals surface area contributed by atoms with Crippen LogP contribution >= 0.6 is 0 Å². The number of nitrogens with zero attached hydrogens (tertiary/aromatic N) is 1. The Bertz CT molecular complexity index is 604. The Morgan fingerprint density at radius 1 is 1.37 bits per heavy atom. The van der Waals surface area contributed by atoms with E-state index in [1.165, 1.54) is 31.4 Å². The third-order valence-electron chi connectivity index (χ3n) is 2.33. The van der Waals surface area contributed by atoms with Gasteiger partial charge in [-0.05, 0) is 18.2 Å². The van der Waals surface area contributed by atoms with Crippen LogP contribution in [0.3, 0.4) is 0 Å². The fourth-order valence-electron chi connectivity index (χ4n) is 1.43. The summed E-state index contributed by atoms with van der Waals surface area (Å²) in [5, 5.41) is 0. The molecule has 0 aliphatic carbocycles. The van der Waals surface area contributed by atoms with E-state index in [9.17, 15) is 18.0 Å². The van der Waals surface area contributed by atoms with Gasteiger partial charge >= 0.3 is 12.1 Å². The van der Waals surface area contributed by atoms with Gasteiger partial charge in [0.05, 0.1) is 12.7 Å². The van der Waals surface area contributed by atoms with E-state index in [0.717, 1.165) is 0 Å². The maximum Gasteiger partial charge on any atom is 0.436 e. The van der Waals surface area contributed by atoms with E-state index in [-0.39, 0.29) is 17.0 Å². The molecule has 7 heteroatoms. The summed E-state index contributed by atoms with van der Waals surface area (Å²) in [7, 11) is 1.21. The second-order valence-corrected chi connectivity index (χ2v) is 3.61. The lowest BCUT2D eigenvalue weighted by Crippen LogP contribution is -2.05. The van der Waals surface area contributed by atoms with Crippen LogP contribution in [0.5, 0.6) is 0 Å². The maximum absolute atomic E-state index is 12.4. The van der Waals surface area contributed by atoms with Crippen molar-refractivity contribution in [1.29, 1.82) is 0 Å². The molecular formula is C12H8F3NO3. The summed E-state index contributed by atoms with van der Waals surface area (Å²) in [6.07, 6.45) is -4.04. The van der Waals surface area contributed by atoms with Crippen LogP contribution in [0.2, 0.25) is 0 Å². The predicted octanol–water partition coefficient (Wildman–Crippen LogP) is 3.15. The predicted molar refractivity (Wildman–Crippen MR) is 58.3 cm³/mol. The third-order valence-corrected chi connectivity index (χ3v) is 2.33. The first-order valence-corrected chi connectivity index (χ1v) is 5.13. The number of methoxy groups -OCH3 is 1. The van der Waals surface area contributed by atoms with Crippen LogP contribution in [0, 0.1) is 0 Å². The first-order chi connectivity index (χ1) is 8.91. The fourth-order valence-corrected chi connectivity index (χ4v) is 1.43. The summed E-state index contributed by atoms with van der Waals surface area (Å²) in [6, 6.07) is 5.80. The summed E-state index contributed by atoms with van der Waals surface area (Å²) >= 11 is 0. The lowest BCUT2D eigenvalue weighted by atomic mass is 10.1. The number of hydrogen-bond acceptors (Lipinski definition) is 4. The van der Waals surface area contributed by atoms with Crippen LogP contribution in [-0.2, 0) is 10.9 Å². The molecule has 100 valence electrons. The van der Waals surface area contributed by atoms with Crippen molar-refractivity contribution < 1.29 is 27.1 Å². The summed E-state index contributed by atoms with van der Waals surface area (Å²) in [6.45, 7) is 0. The van der Waals surface area contributed by atoms with E-state index in [1.54, 1.807) is 0 Å². The number of carbonyl (C=O) groups is 1. The molecule has 0 N–H and O–H groups in total. The fraction of sp³-hybridized carbons (Fsp3) is 0.167. The monoisotopic (exact) mass is 271 g/mol. The van der Waals surface area contributed by atoms with E-state index in [2.05, 4.69) is 9.72 Å². The molecule has 0 saturated carbocycles. The summed E-state index contributed by atoms with van der Waals surface area (Å²) in [4.78, 5) is 14.6. The van der Waals surface area contributed by atoms with Crippen molar-refractivity contribution in [3.05, 3.63) is 41.8 Å². The molecule has 0 unspecified atom stereocenters. The average molecular weight is 271 g/mol. The molecule has 0 atom stereocenters. The largest absolute Gasteiger partial charge is 0.465 e. The lowest BCUT2D eigenvalue weighted by molar-refractivity contribution is -0.141. The molecule has 1 aromatic carbocycles. The minimum Gasteiger partial charge on any atom is -0.465 e. The molecule has 4 nitrogen and oxygen atoms in total. The molecule has 1 heterocycles. The van der Waals surface area contributed by atoms with E-state index >= 15 is 0 Å². The number of aromatic nitrogens is 1. The van der Waals surface area contributed by atoms with Crippen LogP contribution in [0.1, 0.15) is 16.1 Å². The molecule has 0 bridgehead atoms. The lowest BCUT2D eigenvalue weighted by Gasteiger charge is -2.01. The number of rotatable bonds is 2.